The molecule has 2 aromatic rings. The summed E-state index contributed by atoms with van der Waals surface area (Å²) < 4.78 is 7.63. The first kappa shape index (κ1) is 16.6. The molecule has 0 aromatic carbocycles. The largest absolute Gasteiger partial charge is 0.373 e. The molecule has 128 valence electrons. The first-order valence-electron chi connectivity index (χ1n) is 8.48. The Morgan fingerprint density at radius 2 is 2.29 bits per heavy atom. The van der Waals surface area contributed by atoms with Gasteiger partial charge < -0.3 is 10.1 Å². The van der Waals surface area contributed by atoms with E-state index >= 15 is 0 Å². The molecule has 6 nitrogen and oxygen atoms in total. The van der Waals surface area contributed by atoms with E-state index in [1.54, 1.807) is 17.1 Å². The highest BCUT2D eigenvalue weighted by atomic mass is 16.5. The molecule has 1 amide bonds. The average Bonchev–Trinajstić information content (AvgIpc) is 3.06. The third-order valence-electron chi connectivity index (χ3n) is 4.55. The molecular formula is C18H24N4O2. The third-order valence-corrected chi connectivity index (χ3v) is 4.55. The molecule has 0 saturated carbocycles. The number of nitrogens with one attached hydrogen (secondary N) is 1. The van der Waals surface area contributed by atoms with E-state index in [1.165, 1.54) is 5.56 Å². The molecule has 1 aliphatic heterocycles. The Labute approximate surface area is 142 Å². The van der Waals surface area contributed by atoms with Crippen LogP contribution in [0, 0.1) is 5.92 Å². The minimum Gasteiger partial charge on any atom is -0.373 e. The second-order valence-corrected chi connectivity index (χ2v) is 6.20. The number of hydrogen-bond acceptors (Lipinski definition) is 4. The van der Waals surface area contributed by atoms with Crippen LogP contribution in [-0.2, 0) is 29.5 Å². The fourth-order valence-corrected chi connectivity index (χ4v) is 3.23. The molecule has 24 heavy (non-hydrogen) atoms. The number of rotatable bonds is 5. The van der Waals surface area contributed by atoms with Crippen LogP contribution < -0.4 is 5.32 Å². The summed E-state index contributed by atoms with van der Waals surface area (Å²) in [7, 11) is 1.87. The molecule has 0 unspecified atom stereocenters. The van der Waals surface area contributed by atoms with Gasteiger partial charge in [0.25, 0.3) is 0 Å². The zero-order valence-electron chi connectivity index (χ0n) is 14.2. The Kier molecular flexibility index (Phi) is 5.25. The predicted octanol–water partition coefficient (Wildman–Crippen LogP) is 2.16. The number of carbonyl (C=O) groups is 1. The van der Waals surface area contributed by atoms with Crippen molar-refractivity contribution in [2.24, 2.45) is 13.0 Å². The molecule has 1 aliphatic rings. The molecule has 6 heteroatoms. The van der Waals surface area contributed by atoms with Gasteiger partial charge in [0.15, 0.2) is 0 Å². The number of ether oxygens (including phenoxy) is 1. The van der Waals surface area contributed by atoms with Crippen molar-refractivity contribution in [2.45, 2.75) is 38.8 Å². The van der Waals surface area contributed by atoms with Crippen LogP contribution in [0.25, 0.3) is 0 Å². The van der Waals surface area contributed by atoms with Crippen LogP contribution in [0.4, 0.5) is 0 Å². The second kappa shape index (κ2) is 7.57. The van der Waals surface area contributed by atoms with Gasteiger partial charge >= 0.3 is 0 Å². The summed E-state index contributed by atoms with van der Waals surface area (Å²) in [6.45, 7) is 3.31. The molecule has 3 rings (SSSR count). The number of aromatic nitrogens is 3. The van der Waals surface area contributed by atoms with Crippen molar-refractivity contribution in [3.05, 3.63) is 47.5 Å². The summed E-state index contributed by atoms with van der Waals surface area (Å²) in [4.78, 5) is 16.9. The highest BCUT2D eigenvalue weighted by molar-refractivity contribution is 5.79. The lowest BCUT2D eigenvalue weighted by Crippen LogP contribution is -2.37. The number of pyridine rings is 1. The van der Waals surface area contributed by atoms with E-state index in [0.717, 1.165) is 30.4 Å². The fraction of sp³-hybridized carbons (Fsp3) is 0.500. The van der Waals surface area contributed by atoms with Gasteiger partial charge in [-0.3, -0.25) is 14.5 Å². The lowest BCUT2D eigenvalue weighted by Gasteiger charge is -2.30. The molecule has 2 atom stereocenters. The highest BCUT2D eigenvalue weighted by Crippen LogP contribution is 2.33. The van der Waals surface area contributed by atoms with Crippen molar-refractivity contribution in [2.75, 3.05) is 6.61 Å². The monoisotopic (exact) mass is 328 g/mol. The van der Waals surface area contributed by atoms with Crippen LogP contribution in [0.3, 0.4) is 0 Å². The second-order valence-electron chi connectivity index (χ2n) is 6.20. The molecule has 1 N–H and O–H groups in total. The van der Waals surface area contributed by atoms with Crippen molar-refractivity contribution in [1.82, 2.24) is 20.1 Å². The molecule has 0 aliphatic carbocycles. The number of hydrogen-bond donors (Lipinski definition) is 1. The highest BCUT2D eigenvalue weighted by Gasteiger charge is 2.33. The topological polar surface area (TPSA) is 69.0 Å². The summed E-state index contributed by atoms with van der Waals surface area (Å²) in [6, 6.07) is 1.97. The van der Waals surface area contributed by atoms with Gasteiger partial charge in [-0.15, -0.1) is 0 Å². The van der Waals surface area contributed by atoms with Crippen LogP contribution in [0.1, 0.15) is 42.6 Å². The van der Waals surface area contributed by atoms with Crippen LogP contribution in [-0.4, -0.2) is 27.3 Å². The van der Waals surface area contributed by atoms with E-state index in [0.29, 0.717) is 13.2 Å². The summed E-state index contributed by atoms with van der Waals surface area (Å²) in [5.74, 6) is -0.128. The summed E-state index contributed by atoms with van der Waals surface area (Å²) in [5.41, 5.74) is 3.26. The lowest BCUT2D eigenvalue weighted by atomic mass is 9.90. The zero-order valence-corrected chi connectivity index (χ0v) is 14.2. The number of nitrogens with zero attached hydrogens (tertiary/aromatic N) is 3. The van der Waals surface area contributed by atoms with Crippen molar-refractivity contribution in [3.8, 4) is 0 Å². The SMILES string of the molecule is CCc1cnccc1CNC(=O)[C@@H]1CCCO[C@H]1c1cnn(C)c1. The maximum absolute atomic E-state index is 12.7. The predicted molar refractivity (Wildman–Crippen MR) is 90.1 cm³/mol. The van der Waals surface area contributed by atoms with Crippen molar-refractivity contribution in [3.63, 3.8) is 0 Å². The molecule has 1 fully saturated rings. The van der Waals surface area contributed by atoms with Gasteiger partial charge in [-0.1, -0.05) is 6.92 Å². The number of carbonyl (C=O) groups excluding carboxylic acids is 1. The van der Waals surface area contributed by atoms with Crippen LogP contribution in [0.5, 0.6) is 0 Å². The quantitative estimate of drug-likeness (QED) is 0.913. The number of amides is 1. The minimum atomic E-state index is -0.212. The third kappa shape index (κ3) is 3.64. The van der Waals surface area contributed by atoms with Gasteiger partial charge in [-0.05, 0) is 36.5 Å². The molecule has 0 spiro atoms. The minimum absolute atomic E-state index is 0.0439. The Morgan fingerprint density at radius 3 is 3.04 bits per heavy atom. The smallest absolute Gasteiger partial charge is 0.226 e. The van der Waals surface area contributed by atoms with Crippen LogP contribution >= 0.6 is 0 Å². The molecule has 1 saturated heterocycles. The van der Waals surface area contributed by atoms with Crippen molar-refractivity contribution < 1.29 is 9.53 Å². The van der Waals surface area contributed by atoms with Crippen molar-refractivity contribution >= 4 is 5.91 Å². The Morgan fingerprint density at radius 1 is 1.42 bits per heavy atom. The van der Waals surface area contributed by atoms with Gasteiger partial charge in [0.1, 0.15) is 0 Å². The molecule has 2 aromatic heterocycles. The Balaban J connectivity index is 1.68. The lowest BCUT2D eigenvalue weighted by molar-refractivity contribution is -0.134. The van der Waals surface area contributed by atoms with Gasteiger partial charge in [-0.25, -0.2) is 0 Å². The van der Waals surface area contributed by atoms with E-state index in [-0.39, 0.29) is 17.9 Å². The van der Waals surface area contributed by atoms with Gasteiger partial charge in [-0.2, -0.15) is 5.10 Å². The van der Waals surface area contributed by atoms with Crippen LogP contribution in [0.2, 0.25) is 0 Å². The summed E-state index contributed by atoms with van der Waals surface area (Å²) in [5, 5.41) is 7.28. The van der Waals surface area contributed by atoms with E-state index in [9.17, 15) is 4.79 Å². The first-order valence-corrected chi connectivity index (χ1v) is 8.48. The zero-order chi connectivity index (χ0) is 16.9. The fourth-order valence-electron chi connectivity index (χ4n) is 3.23. The average molecular weight is 328 g/mol. The molecular weight excluding hydrogens is 304 g/mol. The maximum Gasteiger partial charge on any atom is 0.226 e. The van der Waals surface area contributed by atoms with E-state index in [1.807, 2.05) is 25.5 Å². The summed E-state index contributed by atoms with van der Waals surface area (Å²) >= 11 is 0. The Hall–Kier alpha value is -2.21. The normalized spacial score (nSPS) is 20.8. The number of aryl methyl sites for hydroxylation is 2. The van der Waals surface area contributed by atoms with E-state index in [2.05, 4.69) is 22.3 Å². The standard InChI is InChI=1S/C18H24N4O2/c1-3-13-9-19-7-6-14(13)10-20-18(23)16-5-4-8-24-17(16)15-11-21-22(2)12-15/h6-7,9,11-12,16-17H,3-5,8,10H2,1-2H3,(H,20,23)/t16-,17+/m1/s1. The van der Waals surface area contributed by atoms with Gasteiger partial charge in [0.2, 0.25) is 5.91 Å². The molecule has 3 heterocycles. The molecule has 0 bridgehead atoms. The van der Waals surface area contributed by atoms with E-state index in [4.69, 9.17) is 4.74 Å². The maximum atomic E-state index is 12.7. The van der Waals surface area contributed by atoms with Crippen molar-refractivity contribution in [1.29, 1.82) is 0 Å². The van der Waals surface area contributed by atoms with Gasteiger partial charge in [0.05, 0.1) is 18.2 Å². The molecule has 0 radical (unpaired) electrons. The van der Waals surface area contributed by atoms with Crippen LogP contribution in [0.15, 0.2) is 30.9 Å². The first-order chi connectivity index (χ1) is 11.7. The van der Waals surface area contributed by atoms with Gasteiger partial charge in [0, 0.05) is 44.4 Å². The Bertz CT molecular complexity index is 698. The van der Waals surface area contributed by atoms with E-state index < -0.39 is 0 Å². The summed E-state index contributed by atoms with van der Waals surface area (Å²) in [6.07, 6.45) is 9.78.